The van der Waals surface area contributed by atoms with Gasteiger partial charge < -0.3 is 5.32 Å². The van der Waals surface area contributed by atoms with E-state index in [9.17, 15) is 4.79 Å². The standard InChI is InChI=1S/C13H15BN2O/c15-9-14-12(16-13(17)11-6-7-11)8-10-4-2-1-3-5-10/h1-5,11-12,14H,6-8H2,(H,16,17). The summed E-state index contributed by atoms with van der Waals surface area (Å²) in [6.45, 7) is 0. The lowest BCUT2D eigenvalue weighted by Gasteiger charge is -2.15. The Kier molecular flexibility index (Phi) is 3.82. The first-order valence-corrected chi connectivity index (χ1v) is 6.01. The Labute approximate surface area is 102 Å². The highest BCUT2D eigenvalue weighted by Crippen LogP contribution is 2.28. The van der Waals surface area contributed by atoms with Crippen molar-refractivity contribution in [1.29, 1.82) is 5.26 Å². The number of nitriles is 1. The smallest absolute Gasteiger partial charge is 0.274 e. The Hall–Kier alpha value is -1.76. The maximum absolute atomic E-state index is 11.7. The Balaban J connectivity index is 1.92. The molecule has 1 N–H and O–H groups in total. The summed E-state index contributed by atoms with van der Waals surface area (Å²) in [5.74, 6) is 2.39. The molecule has 0 spiro atoms. The number of amides is 1. The van der Waals surface area contributed by atoms with Crippen molar-refractivity contribution in [2.24, 2.45) is 5.92 Å². The fourth-order valence-corrected chi connectivity index (χ4v) is 1.85. The molecule has 4 heteroatoms. The Morgan fingerprint density at radius 3 is 2.76 bits per heavy atom. The molecule has 86 valence electrons. The second kappa shape index (κ2) is 5.54. The summed E-state index contributed by atoms with van der Waals surface area (Å²) in [7, 11) is 0.368. The van der Waals surface area contributed by atoms with Gasteiger partial charge >= 0.3 is 0 Å². The molecule has 0 saturated heterocycles. The van der Waals surface area contributed by atoms with Crippen LogP contribution < -0.4 is 5.32 Å². The summed E-state index contributed by atoms with van der Waals surface area (Å²) in [4.78, 5) is 11.7. The van der Waals surface area contributed by atoms with Crippen LogP contribution in [0, 0.1) is 17.1 Å². The van der Waals surface area contributed by atoms with Gasteiger partial charge in [-0.3, -0.25) is 4.79 Å². The molecule has 1 amide bonds. The van der Waals surface area contributed by atoms with Crippen LogP contribution in [-0.4, -0.2) is 19.1 Å². The van der Waals surface area contributed by atoms with Crippen LogP contribution in [0.15, 0.2) is 30.3 Å². The molecule has 1 aliphatic carbocycles. The summed E-state index contributed by atoms with van der Waals surface area (Å²) < 4.78 is 0. The molecular formula is C13H15BN2O. The molecule has 1 aromatic rings. The normalized spacial score (nSPS) is 15.7. The van der Waals surface area contributed by atoms with Gasteiger partial charge in [-0.2, -0.15) is 0 Å². The highest BCUT2D eigenvalue weighted by Gasteiger charge is 2.31. The SMILES string of the molecule is N#CBC(Cc1ccccc1)NC(=O)C1CC1. The third-order valence-electron chi connectivity index (χ3n) is 2.96. The molecule has 0 radical (unpaired) electrons. The lowest BCUT2D eigenvalue weighted by atomic mass is 9.69. The van der Waals surface area contributed by atoms with Crippen LogP contribution in [0.4, 0.5) is 0 Å². The lowest BCUT2D eigenvalue weighted by molar-refractivity contribution is -0.122. The van der Waals surface area contributed by atoms with E-state index in [1.54, 1.807) is 0 Å². The van der Waals surface area contributed by atoms with Crippen LogP contribution in [0.3, 0.4) is 0 Å². The zero-order valence-corrected chi connectivity index (χ0v) is 9.73. The van der Waals surface area contributed by atoms with E-state index in [2.05, 4.69) is 11.3 Å². The Morgan fingerprint density at radius 2 is 2.18 bits per heavy atom. The topological polar surface area (TPSA) is 52.9 Å². The lowest BCUT2D eigenvalue weighted by Crippen LogP contribution is -2.41. The van der Waals surface area contributed by atoms with Crippen molar-refractivity contribution in [1.82, 2.24) is 5.32 Å². The Morgan fingerprint density at radius 1 is 1.47 bits per heavy atom. The molecule has 0 heterocycles. The third kappa shape index (κ3) is 3.63. The minimum atomic E-state index is -0.0597. The maximum Gasteiger partial charge on any atom is 0.274 e. The van der Waals surface area contributed by atoms with Crippen LogP contribution in [0.2, 0.25) is 0 Å². The molecule has 1 unspecified atom stereocenters. The fourth-order valence-electron chi connectivity index (χ4n) is 1.85. The second-order valence-corrected chi connectivity index (χ2v) is 4.53. The molecule has 1 atom stereocenters. The second-order valence-electron chi connectivity index (χ2n) is 4.53. The van der Waals surface area contributed by atoms with E-state index in [1.807, 2.05) is 30.3 Å². The van der Waals surface area contributed by atoms with Crippen molar-refractivity contribution >= 4 is 13.2 Å². The van der Waals surface area contributed by atoms with Gasteiger partial charge in [-0.1, -0.05) is 30.3 Å². The van der Waals surface area contributed by atoms with Gasteiger partial charge in [0.15, 0.2) is 0 Å². The molecular weight excluding hydrogens is 211 g/mol. The van der Waals surface area contributed by atoms with Gasteiger partial charge in [-0.05, 0) is 30.8 Å². The first-order chi connectivity index (χ1) is 8.29. The zero-order chi connectivity index (χ0) is 12.1. The zero-order valence-electron chi connectivity index (χ0n) is 9.73. The highest BCUT2D eigenvalue weighted by atomic mass is 16.2. The van der Waals surface area contributed by atoms with Gasteiger partial charge in [-0.25, -0.2) is 5.26 Å². The van der Waals surface area contributed by atoms with Crippen LogP contribution in [0.5, 0.6) is 0 Å². The maximum atomic E-state index is 11.7. The van der Waals surface area contributed by atoms with Crippen molar-refractivity contribution in [3.05, 3.63) is 35.9 Å². The summed E-state index contributed by atoms with van der Waals surface area (Å²) in [6, 6.07) is 9.95. The van der Waals surface area contributed by atoms with Crippen LogP contribution in [-0.2, 0) is 11.2 Å². The van der Waals surface area contributed by atoms with E-state index < -0.39 is 0 Å². The molecule has 1 fully saturated rings. The van der Waals surface area contributed by atoms with Crippen molar-refractivity contribution in [3.63, 3.8) is 0 Å². The summed E-state index contributed by atoms with van der Waals surface area (Å²) >= 11 is 0. The predicted molar refractivity (Wildman–Crippen MR) is 67.6 cm³/mol. The van der Waals surface area contributed by atoms with Crippen molar-refractivity contribution < 1.29 is 4.79 Å². The average molecular weight is 226 g/mol. The minimum absolute atomic E-state index is 0.0597. The molecule has 2 rings (SSSR count). The van der Waals surface area contributed by atoms with Crippen LogP contribution in [0.25, 0.3) is 0 Å². The largest absolute Gasteiger partial charge is 0.359 e. The summed E-state index contributed by atoms with van der Waals surface area (Å²) in [6.07, 6.45) is 2.72. The number of benzene rings is 1. The monoisotopic (exact) mass is 226 g/mol. The van der Waals surface area contributed by atoms with E-state index >= 15 is 0 Å². The van der Waals surface area contributed by atoms with Crippen LogP contribution >= 0.6 is 0 Å². The number of carbonyl (C=O) groups is 1. The molecule has 3 nitrogen and oxygen atoms in total. The van der Waals surface area contributed by atoms with E-state index in [1.165, 1.54) is 0 Å². The van der Waals surface area contributed by atoms with Crippen molar-refractivity contribution in [2.45, 2.75) is 25.2 Å². The van der Waals surface area contributed by atoms with Gasteiger partial charge in [0.2, 0.25) is 5.91 Å². The van der Waals surface area contributed by atoms with Gasteiger partial charge in [0, 0.05) is 11.9 Å². The van der Waals surface area contributed by atoms with Gasteiger partial charge in [0.1, 0.15) is 0 Å². The molecule has 1 aliphatic rings. The highest BCUT2D eigenvalue weighted by molar-refractivity contribution is 6.47. The molecule has 0 aliphatic heterocycles. The Bertz CT molecular complexity index is 423. The quantitative estimate of drug-likeness (QED) is 0.761. The predicted octanol–water partition coefficient (Wildman–Crippen LogP) is 0.999. The molecule has 1 aromatic carbocycles. The average Bonchev–Trinajstić information content (AvgIpc) is 3.14. The number of hydrogen-bond donors (Lipinski definition) is 1. The molecule has 17 heavy (non-hydrogen) atoms. The van der Waals surface area contributed by atoms with Gasteiger partial charge in [-0.15, -0.1) is 0 Å². The summed E-state index contributed by atoms with van der Waals surface area (Å²) in [5, 5.41) is 11.7. The van der Waals surface area contributed by atoms with E-state index in [-0.39, 0.29) is 17.8 Å². The third-order valence-corrected chi connectivity index (χ3v) is 2.96. The van der Waals surface area contributed by atoms with Gasteiger partial charge in [0.25, 0.3) is 7.28 Å². The first-order valence-electron chi connectivity index (χ1n) is 6.01. The van der Waals surface area contributed by atoms with E-state index in [0.29, 0.717) is 7.28 Å². The number of carbonyl (C=O) groups excluding carboxylic acids is 1. The fraction of sp³-hybridized carbons (Fsp3) is 0.385. The van der Waals surface area contributed by atoms with Crippen molar-refractivity contribution in [3.8, 4) is 5.97 Å². The van der Waals surface area contributed by atoms with E-state index in [0.717, 1.165) is 24.8 Å². The molecule has 0 bridgehead atoms. The first kappa shape index (κ1) is 11.7. The van der Waals surface area contributed by atoms with Crippen molar-refractivity contribution in [2.75, 3.05) is 0 Å². The number of nitrogens with one attached hydrogen (secondary N) is 1. The molecule has 0 aromatic heterocycles. The van der Waals surface area contributed by atoms with E-state index in [4.69, 9.17) is 5.26 Å². The van der Waals surface area contributed by atoms with Gasteiger partial charge in [0.05, 0.1) is 0 Å². The minimum Gasteiger partial charge on any atom is -0.359 e. The summed E-state index contributed by atoms with van der Waals surface area (Å²) in [5.41, 5.74) is 1.16. The number of rotatable bonds is 5. The molecule has 1 saturated carbocycles. The number of hydrogen-bond acceptors (Lipinski definition) is 2. The number of nitrogens with zero attached hydrogens (tertiary/aromatic N) is 1. The van der Waals surface area contributed by atoms with Crippen LogP contribution in [0.1, 0.15) is 18.4 Å².